The second-order valence-corrected chi connectivity index (χ2v) is 12.8. The molecule has 2 amide bonds. The molecule has 4 atom stereocenters. The van der Waals surface area contributed by atoms with Gasteiger partial charge in [-0.15, -0.1) is 0 Å². The minimum absolute atomic E-state index is 0.0259. The highest BCUT2D eigenvalue weighted by atomic mass is 32.2. The van der Waals surface area contributed by atoms with Crippen LogP contribution < -0.4 is 5.32 Å². The first-order valence-corrected chi connectivity index (χ1v) is 15.3. The first-order chi connectivity index (χ1) is 20.3. The van der Waals surface area contributed by atoms with Gasteiger partial charge in [0.15, 0.2) is 16.0 Å². The standard InChI is InChI=1S/C29H32F6N2O6S/c1-6-43-27(40)22(15(2)3)28(29(33,34)35,24(30)25(31)32)18-7-9-19(10-8-18)36-26(39)23-21-12-11-20(44(5,41)42)13-17(21)14-37(23)16(4)38/h7-13,15,22-25H,6,14H2,1-5H3,(H,36,39). The van der Waals surface area contributed by atoms with Crippen molar-refractivity contribution in [2.75, 3.05) is 18.2 Å². The number of nitrogens with one attached hydrogen (secondary N) is 1. The lowest BCUT2D eigenvalue weighted by Gasteiger charge is -2.44. The molecule has 0 radical (unpaired) electrons. The summed E-state index contributed by atoms with van der Waals surface area (Å²) in [5.41, 5.74) is -4.38. The van der Waals surface area contributed by atoms with Gasteiger partial charge in [-0.1, -0.05) is 32.0 Å². The first-order valence-electron chi connectivity index (χ1n) is 13.5. The summed E-state index contributed by atoms with van der Waals surface area (Å²) in [6.07, 6.45) is -12.7. The molecule has 0 aromatic heterocycles. The maximum atomic E-state index is 15.3. The molecule has 2 aromatic rings. The maximum absolute atomic E-state index is 15.3. The molecule has 3 rings (SSSR count). The third-order valence-electron chi connectivity index (χ3n) is 7.60. The first kappa shape index (κ1) is 34.9. The van der Waals surface area contributed by atoms with Gasteiger partial charge in [-0.05, 0) is 53.8 Å². The smallest absolute Gasteiger partial charge is 0.402 e. The van der Waals surface area contributed by atoms with E-state index >= 15 is 4.39 Å². The Hall–Kier alpha value is -3.62. The highest BCUT2D eigenvalue weighted by Gasteiger charge is 2.70. The van der Waals surface area contributed by atoms with Crippen molar-refractivity contribution in [3.63, 3.8) is 0 Å². The summed E-state index contributed by atoms with van der Waals surface area (Å²) < 4.78 is 116. The van der Waals surface area contributed by atoms with Crippen LogP contribution in [0.5, 0.6) is 0 Å². The second-order valence-electron chi connectivity index (χ2n) is 10.8. The second kappa shape index (κ2) is 12.8. The minimum Gasteiger partial charge on any atom is -0.466 e. The molecule has 1 N–H and O–H groups in total. The van der Waals surface area contributed by atoms with Gasteiger partial charge in [-0.3, -0.25) is 14.4 Å². The molecule has 0 fully saturated rings. The summed E-state index contributed by atoms with van der Waals surface area (Å²) in [5, 5.41) is 2.45. The molecule has 0 saturated carbocycles. The van der Waals surface area contributed by atoms with Gasteiger partial charge in [0.1, 0.15) is 11.5 Å². The van der Waals surface area contributed by atoms with Crippen LogP contribution >= 0.6 is 0 Å². The Bertz CT molecular complexity index is 1510. The van der Waals surface area contributed by atoms with E-state index < -0.39 is 75.3 Å². The molecule has 4 unspecified atom stereocenters. The van der Waals surface area contributed by atoms with Gasteiger partial charge in [0.25, 0.3) is 12.3 Å². The molecule has 1 aliphatic rings. The number of carbonyl (C=O) groups excluding carboxylic acids is 3. The number of hydrogen-bond donors (Lipinski definition) is 1. The third kappa shape index (κ3) is 6.42. The summed E-state index contributed by atoms with van der Waals surface area (Å²) in [7, 11) is -3.59. The molecule has 0 saturated heterocycles. The zero-order valence-electron chi connectivity index (χ0n) is 24.4. The van der Waals surface area contributed by atoms with E-state index in [2.05, 4.69) is 5.32 Å². The molecule has 242 valence electrons. The van der Waals surface area contributed by atoms with Crippen molar-refractivity contribution in [2.24, 2.45) is 11.8 Å². The van der Waals surface area contributed by atoms with Crippen LogP contribution in [0.15, 0.2) is 47.4 Å². The summed E-state index contributed by atoms with van der Waals surface area (Å²) >= 11 is 0. The van der Waals surface area contributed by atoms with E-state index in [0.29, 0.717) is 23.3 Å². The van der Waals surface area contributed by atoms with Gasteiger partial charge in [0.2, 0.25) is 5.91 Å². The molecule has 2 aromatic carbocycles. The van der Waals surface area contributed by atoms with Crippen molar-refractivity contribution >= 4 is 33.3 Å². The number of rotatable bonds is 10. The minimum atomic E-state index is -5.68. The monoisotopic (exact) mass is 650 g/mol. The van der Waals surface area contributed by atoms with E-state index in [-0.39, 0.29) is 23.7 Å². The summed E-state index contributed by atoms with van der Waals surface area (Å²) in [6, 6.07) is 6.05. The lowest BCUT2D eigenvalue weighted by atomic mass is 9.62. The molecule has 0 spiro atoms. The number of fused-ring (bicyclic) bond motifs is 1. The molecule has 44 heavy (non-hydrogen) atoms. The van der Waals surface area contributed by atoms with Crippen LogP contribution in [0.4, 0.5) is 32.0 Å². The largest absolute Gasteiger partial charge is 0.466 e. The van der Waals surface area contributed by atoms with Gasteiger partial charge >= 0.3 is 12.1 Å². The Morgan fingerprint density at radius 3 is 2.09 bits per heavy atom. The molecule has 1 heterocycles. The van der Waals surface area contributed by atoms with Crippen LogP contribution in [-0.2, 0) is 40.9 Å². The Morgan fingerprint density at radius 1 is 1.05 bits per heavy atom. The molecule has 15 heteroatoms. The number of hydrogen-bond acceptors (Lipinski definition) is 6. The number of benzene rings is 2. The van der Waals surface area contributed by atoms with Crippen LogP contribution in [0.3, 0.4) is 0 Å². The predicted molar refractivity (Wildman–Crippen MR) is 147 cm³/mol. The number of esters is 1. The highest BCUT2D eigenvalue weighted by molar-refractivity contribution is 7.90. The van der Waals surface area contributed by atoms with Crippen molar-refractivity contribution in [2.45, 2.75) is 69.4 Å². The van der Waals surface area contributed by atoms with Crippen molar-refractivity contribution in [3.8, 4) is 0 Å². The fraction of sp³-hybridized carbons (Fsp3) is 0.483. The average molecular weight is 651 g/mol. The van der Waals surface area contributed by atoms with Crippen molar-refractivity contribution in [1.82, 2.24) is 4.90 Å². The molecule has 0 bridgehead atoms. The SMILES string of the molecule is CCOC(=O)C(C(C)C)C(c1ccc(NC(=O)C2c3ccc(S(C)(=O)=O)cc3CN2C(C)=O)cc1)(C(F)C(F)F)C(F)(F)F. The Balaban J connectivity index is 2.07. The lowest BCUT2D eigenvalue weighted by molar-refractivity contribution is -0.246. The Kier molecular flexibility index (Phi) is 10.1. The summed E-state index contributed by atoms with van der Waals surface area (Å²) in [4.78, 5) is 39.6. The van der Waals surface area contributed by atoms with Gasteiger partial charge in [0, 0.05) is 25.4 Å². The number of alkyl halides is 6. The lowest BCUT2D eigenvalue weighted by Crippen LogP contribution is -2.61. The Labute approximate surface area is 250 Å². The van der Waals surface area contributed by atoms with E-state index in [1.54, 1.807) is 0 Å². The van der Waals surface area contributed by atoms with Crippen molar-refractivity contribution < 1.29 is 53.9 Å². The molecular weight excluding hydrogens is 618 g/mol. The van der Waals surface area contributed by atoms with Crippen LogP contribution in [0, 0.1) is 11.8 Å². The van der Waals surface area contributed by atoms with E-state index in [1.807, 2.05) is 0 Å². The molecule has 1 aliphatic heterocycles. The average Bonchev–Trinajstić information content (AvgIpc) is 3.30. The van der Waals surface area contributed by atoms with Gasteiger partial charge < -0.3 is 15.0 Å². The van der Waals surface area contributed by atoms with Crippen LogP contribution in [0.2, 0.25) is 0 Å². The topological polar surface area (TPSA) is 110 Å². The highest BCUT2D eigenvalue weighted by Crippen LogP contribution is 2.54. The summed E-state index contributed by atoms with van der Waals surface area (Å²) in [5.74, 6) is -6.49. The molecule has 0 aliphatic carbocycles. The van der Waals surface area contributed by atoms with Crippen LogP contribution in [0.25, 0.3) is 0 Å². The fourth-order valence-corrected chi connectivity index (χ4v) is 6.37. The molecular formula is C29H32F6N2O6S. The quantitative estimate of drug-likeness (QED) is 0.274. The number of ether oxygens (including phenoxy) is 1. The summed E-state index contributed by atoms with van der Waals surface area (Å²) in [6.45, 7) is 4.36. The number of carbonyl (C=O) groups is 3. The number of sulfone groups is 1. The van der Waals surface area contributed by atoms with Crippen LogP contribution in [0.1, 0.15) is 50.4 Å². The Morgan fingerprint density at radius 2 is 1.64 bits per heavy atom. The van der Waals surface area contributed by atoms with Crippen LogP contribution in [-0.4, -0.2) is 62.7 Å². The number of anilines is 1. The molecule has 8 nitrogen and oxygen atoms in total. The van der Waals surface area contributed by atoms with Crippen molar-refractivity contribution in [3.05, 3.63) is 59.2 Å². The van der Waals surface area contributed by atoms with Gasteiger partial charge in [0.05, 0.1) is 17.4 Å². The van der Waals surface area contributed by atoms with E-state index in [9.17, 15) is 44.8 Å². The zero-order valence-corrected chi connectivity index (χ0v) is 25.2. The van der Waals surface area contributed by atoms with Gasteiger partial charge in [-0.2, -0.15) is 13.2 Å². The van der Waals surface area contributed by atoms with Gasteiger partial charge in [-0.25, -0.2) is 21.6 Å². The number of amides is 2. The number of nitrogens with zero attached hydrogens (tertiary/aromatic N) is 1. The maximum Gasteiger partial charge on any atom is 0.402 e. The van der Waals surface area contributed by atoms with Crippen molar-refractivity contribution in [1.29, 1.82) is 0 Å². The zero-order chi connectivity index (χ0) is 33.4. The normalized spacial score (nSPS) is 18.0. The fourth-order valence-electron chi connectivity index (χ4n) is 5.70. The number of halogens is 6. The van der Waals surface area contributed by atoms with E-state index in [1.165, 1.54) is 32.0 Å². The third-order valence-corrected chi connectivity index (χ3v) is 8.71. The predicted octanol–water partition coefficient (Wildman–Crippen LogP) is 5.37. The van der Waals surface area contributed by atoms with E-state index in [0.717, 1.165) is 37.1 Å². The van der Waals surface area contributed by atoms with E-state index in [4.69, 9.17) is 4.74 Å².